The maximum atomic E-state index is 4.50. The van der Waals surface area contributed by atoms with E-state index in [1.165, 1.54) is 12.8 Å². The molecule has 1 aliphatic carbocycles. The van der Waals surface area contributed by atoms with Crippen molar-refractivity contribution in [3.8, 4) is 0 Å². The van der Waals surface area contributed by atoms with Crippen molar-refractivity contribution in [1.29, 1.82) is 0 Å². The van der Waals surface area contributed by atoms with Crippen molar-refractivity contribution in [2.45, 2.75) is 32.4 Å². The van der Waals surface area contributed by atoms with Crippen LogP contribution in [0.1, 0.15) is 25.3 Å². The number of benzene rings is 1. The Labute approximate surface area is 119 Å². The van der Waals surface area contributed by atoms with Crippen molar-refractivity contribution in [3.63, 3.8) is 0 Å². The Morgan fingerprint density at radius 1 is 1.15 bits per heavy atom. The number of para-hydroxylation sites is 1. The summed E-state index contributed by atoms with van der Waals surface area (Å²) in [6.07, 6.45) is 6.44. The van der Waals surface area contributed by atoms with Gasteiger partial charge in [0, 0.05) is 42.8 Å². The highest BCUT2D eigenvalue weighted by atomic mass is 15.2. The molecule has 104 valence electrons. The van der Waals surface area contributed by atoms with Crippen LogP contribution in [0.2, 0.25) is 0 Å². The molecule has 20 heavy (non-hydrogen) atoms. The zero-order valence-corrected chi connectivity index (χ0v) is 11.8. The molecule has 3 rings (SSSR count). The van der Waals surface area contributed by atoms with E-state index in [9.17, 15) is 0 Å². The largest absolute Gasteiger partial charge is 0.311 e. The number of aromatic nitrogens is 2. The molecule has 1 N–H and O–H groups in total. The minimum absolute atomic E-state index is 0.714. The summed E-state index contributed by atoms with van der Waals surface area (Å²) in [5, 5.41) is 3.47. The Bertz CT molecular complexity index is 534. The molecule has 0 aliphatic heterocycles. The summed E-state index contributed by atoms with van der Waals surface area (Å²) in [6, 6.07) is 11.0. The lowest BCUT2D eigenvalue weighted by Crippen LogP contribution is -2.20. The predicted octanol–water partition coefficient (Wildman–Crippen LogP) is 2.89. The average molecular weight is 268 g/mol. The summed E-state index contributed by atoms with van der Waals surface area (Å²) in [6.45, 7) is 3.82. The topological polar surface area (TPSA) is 41.1 Å². The Morgan fingerprint density at radius 2 is 1.85 bits per heavy atom. The molecule has 0 amide bonds. The van der Waals surface area contributed by atoms with Crippen molar-refractivity contribution in [2.24, 2.45) is 0 Å². The highest BCUT2D eigenvalue weighted by Crippen LogP contribution is 2.21. The number of rotatable bonds is 6. The molecule has 0 atom stereocenters. The smallest absolute Gasteiger partial charge is 0.229 e. The first-order valence-electron chi connectivity index (χ1n) is 7.23. The van der Waals surface area contributed by atoms with Gasteiger partial charge in [-0.2, -0.15) is 0 Å². The van der Waals surface area contributed by atoms with E-state index in [0.717, 1.165) is 30.3 Å². The van der Waals surface area contributed by atoms with Crippen molar-refractivity contribution in [3.05, 3.63) is 48.3 Å². The first kappa shape index (κ1) is 13.1. The predicted molar refractivity (Wildman–Crippen MR) is 81.0 cm³/mol. The van der Waals surface area contributed by atoms with Gasteiger partial charge in [-0.3, -0.25) is 0 Å². The third kappa shape index (κ3) is 3.14. The van der Waals surface area contributed by atoms with Gasteiger partial charge in [-0.25, -0.2) is 9.97 Å². The molecule has 4 nitrogen and oxygen atoms in total. The Kier molecular flexibility index (Phi) is 3.92. The third-order valence-electron chi connectivity index (χ3n) is 3.49. The van der Waals surface area contributed by atoms with Gasteiger partial charge in [0.15, 0.2) is 0 Å². The molecule has 2 aromatic rings. The van der Waals surface area contributed by atoms with Crippen LogP contribution >= 0.6 is 0 Å². The number of hydrogen-bond donors (Lipinski definition) is 1. The molecule has 0 saturated heterocycles. The summed E-state index contributed by atoms with van der Waals surface area (Å²) in [5.41, 5.74) is 2.27. The van der Waals surface area contributed by atoms with Gasteiger partial charge < -0.3 is 10.2 Å². The van der Waals surface area contributed by atoms with Gasteiger partial charge in [0.2, 0.25) is 5.95 Å². The number of anilines is 2. The second kappa shape index (κ2) is 6.01. The fourth-order valence-corrected chi connectivity index (χ4v) is 2.18. The van der Waals surface area contributed by atoms with Crippen molar-refractivity contribution < 1.29 is 0 Å². The van der Waals surface area contributed by atoms with Crippen LogP contribution in [0.15, 0.2) is 42.7 Å². The van der Waals surface area contributed by atoms with Crippen LogP contribution in [-0.4, -0.2) is 22.6 Å². The zero-order valence-electron chi connectivity index (χ0n) is 11.8. The van der Waals surface area contributed by atoms with Crippen LogP contribution in [-0.2, 0) is 6.54 Å². The van der Waals surface area contributed by atoms with E-state index in [-0.39, 0.29) is 0 Å². The molecule has 0 radical (unpaired) electrons. The summed E-state index contributed by atoms with van der Waals surface area (Å²) in [5.74, 6) is 0.758. The summed E-state index contributed by atoms with van der Waals surface area (Å²) in [4.78, 5) is 11.1. The molecule has 1 aliphatic rings. The van der Waals surface area contributed by atoms with E-state index < -0.39 is 0 Å². The second-order valence-corrected chi connectivity index (χ2v) is 5.13. The van der Waals surface area contributed by atoms with Gasteiger partial charge in [-0.15, -0.1) is 0 Å². The second-order valence-electron chi connectivity index (χ2n) is 5.13. The SMILES string of the molecule is CCN(c1ccccc1)c1ncc(CNC2CC2)cn1. The Hall–Kier alpha value is -1.94. The molecule has 1 aromatic heterocycles. The van der Waals surface area contributed by atoms with E-state index >= 15 is 0 Å². The molecule has 0 spiro atoms. The van der Waals surface area contributed by atoms with E-state index in [2.05, 4.69) is 39.2 Å². The van der Waals surface area contributed by atoms with Gasteiger partial charge >= 0.3 is 0 Å². The third-order valence-corrected chi connectivity index (χ3v) is 3.49. The van der Waals surface area contributed by atoms with Gasteiger partial charge in [0.05, 0.1) is 0 Å². The molecule has 1 fully saturated rings. The quantitative estimate of drug-likeness (QED) is 0.874. The maximum absolute atomic E-state index is 4.50. The van der Waals surface area contributed by atoms with E-state index in [4.69, 9.17) is 0 Å². The molecule has 1 aromatic carbocycles. The molecular formula is C16H20N4. The Morgan fingerprint density at radius 3 is 2.45 bits per heavy atom. The van der Waals surface area contributed by atoms with E-state index in [1.807, 2.05) is 30.6 Å². The average Bonchev–Trinajstić information content (AvgIpc) is 3.33. The molecule has 1 saturated carbocycles. The lowest BCUT2D eigenvalue weighted by molar-refractivity contribution is 0.683. The minimum atomic E-state index is 0.714. The summed E-state index contributed by atoms with van der Waals surface area (Å²) in [7, 11) is 0. The summed E-state index contributed by atoms with van der Waals surface area (Å²) >= 11 is 0. The van der Waals surface area contributed by atoms with Gasteiger partial charge in [-0.05, 0) is 31.9 Å². The van der Waals surface area contributed by atoms with Gasteiger partial charge in [-0.1, -0.05) is 18.2 Å². The first-order chi connectivity index (χ1) is 9.86. The Balaban J connectivity index is 1.71. The van der Waals surface area contributed by atoms with E-state index in [1.54, 1.807) is 0 Å². The fourth-order valence-electron chi connectivity index (χ4n) is 2.18. The number of nitrogens with zero attached hydrogens (tertiary/aromatic N) is 3. The molecule has 4 heteroatoms. The molecule has 0 bridgehead atoms. The minimum Gasteiger partial charge on any atom is -0.311 e. The number of hydrogen-bond acceptors (Lipinski definition) is 4. The van der Waals surface area contributed by atoms with Crippen LogP contribution in [0.3, 0.4) is 0 Å². The molecular weight excluding hydrogens is 248 g/mol. The monoisotopic (exact) mass is 268 g/mol. The van der Waals surface area contributed by atoms with Crippen LogP contribution in [0, 0.1) is 0 Å². The van der Waals surface area contributed by atoms with Crippen molar-refractivity contribution >= 4 is 11.6 Å². The highest BCUT2D eigenvalue weighted by molar-refractivity contribution is 5.56. The summed E-state index contributed by atoms with van der Waals surface area (Å²) < 4.78 is 0. The normalized spacial score (nSPS) is 14.2. The van der Waals surface area contributed by atoms with Crippen LogP contribution in [0.4, 0.5) is 11.6 Å². The molecule has 0 unspecified atom stereocenters. The highest BCUT2D eigenvalue weighted by Gasteiger charge is 2.20. The molecule has 1 heterocycles. The zero-order chi connectivity index (χ0) is 13.8. The number of nitrogens with one attached hydrogen (secondary N) is 1. The van der Waals surface area contributed by atoms with Crippen LogP contribution < -0.4 is 10.2 Å². The van der Waals surface area contributed by atoms with E-state index in [0.29, 0.717) is 6.04 Å². The van der Waals surface area contributed by atoms with Crippen molar-refractivity contribution in [1.82, 2.24) is 15.3 Å². The van der Waals surface area contributed by atoms with Gasteiger partial charge in [0.25, 0.3) is 0 Å². The van der Waals surface area contributed by atoms with Crippen LogP contribution in [0.5, 0.6) is 0 Å². The fraction of sp³-hybridized carbons (Fsp3) is 0.375. The lowest BCUT2D eigenvalue weighted by atomic mass is 10.3. The standard InChI is InChI=1S/C16H20N4/c1-2-20(15-6-4-3-5-7-15)16-18-11-13(12-19-16)10-17-14-8-9-14/h3-7,11-12,14,17H,2,8-10H2,1H3. The first-order valence-corrected chi connectivity index (χ1v) is 7.23. The van der Waals surface area contributed by atoms with Gasteiger partial charge in [0.1, 0.15) is 0 Å². The van der Waals surface area contributed by atoms with Crippen molar-refractivity contribution in [2.75, 3.05) is 11.4 Å². The maximum Gasteiger partial charge on any atom is 0.229 e. The van der Waals surface area contributed by atoms with Crippen LogP contribution in [0.25, 0.3) is 0 Å². The lowest BCUT2D eigenvalue weighted by Gasteiger charge is -2.20.